The van der Waals surface area contributed by atoms with Crippen LogP contribution in [0.1, 0.15) is 10.4 Å². The first kappa shape index (κ1) is 10.9. The molecule has 3 N–H and O–H groups in total. The number of hydrogen-bond acceptors (Lipinski definition) is 3. The van der Waals surface area contributed by atoms with Gasteiger partial charge < -0.3 is 10.2 Å². The van der Waals surface area contributed by atoms with E-state index >= 15 is 0 Å². The van der Waals surface area contributed by atoms with Crippen LogP contribution in [-0.2, 0) is 0 Å². The molecule has 5 heteroatoms. The summed E-state index contributed by atoms with van der Waals surface area (Å²) in [6.45, 7) is 0. The van der Waals surface area contributed by atoms with Crippen LogP contribution in [0.2, 0.25) is 0 Å². The molecule has 0 fully saturated rings. The first-order valence-corrected chi connectivity index (χ1v) is 4.84. The Labute approximate surface area is 96.0 Å². The van der Waals surface area contributed by atoms with E-state index in [-0.39, 0.29) is 11.1 Å². The highest BCUT2D eigenvalue weighted by atomic mass is 16.4. The van der Waals surface area contributed by atoms with E-state index in [0.717, 1.165) is 6.07 Å². The summed E-state index contributed by atoms with van der Waals surface area (Å²) in [7, 11) is 0. The number of H-pyrrole nitrogens is 1. The van der Waals surface area contributed by atoms with Gasteiger partial charge in [-0.25, -0.2) is 4.79 Å². The molecule has 17 heavy (non-hydrogen) atoms. The monoisotopic (exact) mass is 231 g/mol. The fourth-order valence-electron chi connectivity index (χ4n) is 1.52. The lowest BCUT2D eigenvalue weighted by atomic mass is 10.1. The minimum absolute atomic E-state index is 0.209. The average molecular weight is 231 g/mol. The van der Waals surface area contributed by atoms with Gasteiger partial charge >= 0.3 is 5.97 Å². The van der Waals surface area contributed by atoms with Gasteiger partial charge in [0, 0.05) is 5.56 Å². The lowest BCUT2D eigenvalue weighted by Gasteiger charge is -2.03. The van der Waals surface area contributed by atoms with Crippen molar-refractivity contribution in [1.82, 2.24) is 4.98 Å². The molecule has 1 aromatic heterocycles. The van der Waals surface area contributed by atoms with Crippen molar-refractivity contribution in [3.8, 4) is 17.0 Å². The van der Waals surface area contributed by atoms with Gasteiger partial charge in [0.2, 0.25) is 5.88 Å². The number of carboxylic acid groups (broad SMARTS) is 1. The summed E-state index contributed by atoms with van der Waals surface area (Å²) in [5.74, 6) is -1.93. The Morgan fingerprint density at radius 1 is 1.18 bits per heavy atom. The first-order chi connectivity index (χ1) is 8.09. The van der Waals surface area contributed by atoms with E-state index in [0.29, 0.717) is 5.56 Å². The Hall–Kier alpha value is -2.56. The number of aromatic amines is 1. The molecular weight excluding hydrogens is 222 g/mol. The summed E-state index contributed by atoms with van der Waals surface area (Å²) in [4.78, 5) is 24.5. The van der Waals surface area contributed by atoms with Crippen molar-refractivity contribution in [2.24, 2.45) is 0 Å². The lowest BCUT2D eigenvalue weighted by molar-refractivity contribution is 0.0693. The second-order valence-corrected chi connectivity index (χ2v) is 3.45. The van der Waals surface area contributed by atoms with E-state index in [2.05, 4.69) is 4.98 Å². The number of carbonyl (C=O) groups is 1. The van der Waals surface area contributed by atoms with Crippen LogP contribution in [0.15, 0.2) is 41.2 Å². The van der Waals surface area contributed by atoms with Gasteiger partial charge in [0.1, 0.15) is 5.56 Å². The summed E-state index contributed by atoms with van der Waals surface area (Å²) >= 11 is 0. The molecule has 0 saturated heterocycles. The summed E-state index contributed by atoms with van der Waals surface area (Å²) in [6.07, 6.45) is 0. The maximum Gasteiger partial charge on any atom is 0.341 e. The molecule has 2 aromatic rings. The zero-order valence-electron chi connectivity index (χ0n) is 8.68. The van der Waals surface area contributed by atoms with Crippen molar-refractivity contribution in [3.63, 3.8) is 0 Å². The van der Waals surface area contributed by atoms with Crippen molar-refractivity contribution >= 4 is 5.97 Å². The Morgan fingerprint density at radius 2 is 1.82 bits per heavy atom. The molecule has 0 spiro atoms. The number of hydrogen-bond donors (Lipinski definition) is 3. The lowest BCUT2D eigenvalue weighted by Crippen LogP contribution is -2.12. The molecule has 0 aliphatic rings. The molecule has 0 saturated carbocycles. The summed E-state index contributed by atoms with van der Waals surface area (Å²) in [5.41, 5.74) is -0.0563. The van der Waals surface area contributed by atoms with Crippen molar-refractivity contribution < 1.29 is 15.0 Å². The molecular formula is C12H9NO4. The molecule has 0 unspecified atom stereocenters. The molecule has 1 aromatic carbocycles. The quantitative estimate of drug-likeness (QED) is 0.729. The molecule has 0 aliphatic heterocycles. The standard InChI is InChI=1S/C12H9NO4/c14-10-8(7-4-2-1-3-5-7)6-9(12(16)17)11(15)13-10/h1-6H,(H,16,17)(H2,13,14,15). The van der Waals surface area contributed by atoms with E-state index in [1.165, 1.54) is 0 Å². The van der Waals surface area contributed by atoms with Gasteiger partial charge in [0.25, 0.3) is 5.56 Å². The second kappa shape index (κ2) is 4.13. The number of benzene rings is 1. The first-order valence-electron chi connectivity index (χ1n) is 4.84. The predicted octanol–water partition coefficient (Wildman–Crippen LogP) is 1.45. The van der Waals surface area contributed by atoms with Crippen LogP contribution in [0.3, 0.4) is 0 Å². The topological polar surface area (TPSA) is 90.4 Å². The highest BCUT2D eigenvalue weighted by Crippen LogP contribution is 2.19. The molecule has 86 valence electrons. The van der Waals surface area contributed by atoms with Crippen molar-refractivity contribution in [2.45, 2.75) is 0 Å². The van der Waals surface area contributed by atoms with Crippen molar-refractivity contribution in [3.05, 3.63) is 52.3 Å². The Bertz CT molecular complexity index is 616. The normalized spacial score (nSPS) is 10.1. The van der Waals surface area contributed by atoms with Crippen LogP contribution in [-0.4, -0.2) is 21.2 Å². The van der Waals surface area contributed by atoms with Gasteiger partial charge in [-0.1, -0.05) is 30.3 Å². The zero-order chi connectivity index (χ0) is 12.4. The van der Waals surface area contributed by atoms with Crippen LogP contribution in [0.25, 0.3) is 11.1 Å². The van der Waals surface area contributed by atoms with Gasteiger partial charge in [-0.15, -0.1) is 0 Å². The maximum atomic E-state index is 11.6. The Kier molecular flexibility index (Phi) is 2.66. The molecule has 0 amide bonds. The predicted molar refractivity (Wildman–Crippen MR) is 61.1 cm³/mol. The summed E-state index contributed by atoms with van der Waals surface area (Å²) in [6, 6.07) is 9.80. The Balaban J connectivity index is 2.67. The molecule has 0 bridgehead atoms. The van der Waals surface area contributed by atoms with Gasteiger partial charge in [-0.05, 0) is 11.6 Å². The molecule has 0 atom stereocenters. The third-order valence-corrected chi connectivity index (χ3v) is 2.34. The summed E-state index contributed by atoms with van der Waals surface area (Å²) < 4.78 is 0. The molecule has 5 nitrogen and oxygen atoms in total. The van der Waals surface area contributed by atoms with E-state index < -0.39 is 17.4 Å². The average Bonchev–Trinajstić information content (AvgIpc) is 2.29. The molecule has 2 rings (SSSR count). The smallest absolute Gasteiger partial charge is 0.341 e. The SMILES string of the molecule is O=C(O)c1cc(-c2ccccc2)c(=O)[nH]c1O. The van der Waals surface area contributed by atoms with E-state index in [9.17, 15) is 14.7 Å². The fourth-order valence-corrected chi connectivity index (χ4v) is 1.52. The highest BCUT2D eigenvalue weighted by Gasteiger charge is 2.14. The van der Waals surface area contributed by atoms with E-state index in [1.807, 2.05) is 0 Å². The number of aromatic hydroxyl groups is 1. The minimum atomic E-state index is -1.30. The van der Waals surface area contributed by atoms with Crippen LogP contribution in [0, 0.1) is 0 Å². The van der Waals surface area contributed by atoms with Crippen LogP contribution >= 0.6 is 0 Å². The second-order valence-electron chi connectivity index (χ2n) is 3.45. The number of aromatic carboxylic acids is 1. The number of carboxylic acids is 1. The number of pyridine rings is 1. The van der Waals surface area contributed by atoms with Gasteiger partial charge in [-0.3, -0.25) is 9.78 Å². The van der Waals surface area contributed by atoms with Crippen LogP contribution < -0.4 is 5.56 Å². The van der Waals surface area contributed by atoms with Gasteiger partial charge in [-0.2, -0.15) is 0 Å². The minimum Gasteiger partial charge on any atom is -0.494 e. The summed E-state index contributed by atoms with van der Waals surface area (Å²) in [5, 5.41) is 18.1. The zero-order valence-corrected chi connectivity index (χ0v) is 8.68. The molecule has 0 aliphatic carbocycles. The van der Waals surface area contributed by atoms with Crippen molar-refractivity contribution in [1.29, 1.82) is 0 Å². The Morgan fingerprint density at radius 3 is 2.41 bits per heavy atom. The van der Waals surface area contributed by atoms with Gasteiger partial charge in [0.05, 0.1) is 0 Å². The third-order valence-electron chi connectivity index (χ3n) is 2.34. The number of rotatable bonds is 2. The van der Waals surface area contributed by atoms with E-state index in [1.54, 1.807) is 30.3 Å². The molecule has 1 heterocycles. The van der Waals surface area contributed by atoms with Crippen LogP contribution in [0.4, 0.5) is 0 Å². The molecule has 0 radical (unpaired) electrons. The maximum absolute atomic E-state index is 11.6. The highest BCUT2D eigenvalue weighted by molar-refractivity contribution is 5.91. The van der Waals surface area contributed by atoms with Crippen molar-refractivity contribution in [2.75, 3.05) is 0 Å². The fraction of sp³-hybridized carbons (Fsp3) is 0. The largest absolute Gasteiger partial charge is 0.494 e. The van der Waals surface area contributed by atoms with Crippen LogP contribution in [0.5, 0.6) is 5.88 Å². The van der Waals surface area contributed by atoms with Gasteiger partial charge in [0.15, 0.2) is 0 Å². The third kappa shape index (κ3) is 2.03. The van der Waals surface area contributed by atoms with E-state index in [4.69, 9.17) is 5.11 Å². The number of nitrogens with one attached hydrogen (secondary N) is 1. The number of aromatic nitrogens is 1.